The molecule has 1 aromatic carbocycles. The van der Waals surface area contributed by atoms with Crippen LogP contribution in [0, 0.1) is 11.8 Å². The van der Waals surface area contributed by atoms with Crippen LogP contribution in [0.2, 0.25) is 0 Å². The third-order valence-electron chi connectivity index (χ3n) is 4.54. The fourth-order valence-corrected chi connectivity index (χ4v) is 5.45. The van der Waals surface area contributed by atoms with Crippen LogP contribution in [-0.2, 0) is 14.3 Å². The van der Waals surface area contributed by atoms with E-state index >= 15 is 0 Å². The monoisotopic (exact) mass is 359 g/mol. The Morgan fingerprint density at radius 3 is 3.12 bits per heavy atom. The summed E-state index contributed by atoms with van der Waals surface area (Å²) in [5, 5.41) is 0. The predicted octanol–water partition coefficient (Wildman–Crippen LogP) is 4.04. The molecule has 2 aliphatic rings. The molecule has 4 rings (SSSR count). The van der Waals surface area contributed by atoms with Crippen molar-refractivity contribution in [2.75, 3.05) is 19.5 Å². The Bertz CT molecular complexity index is 807. The van der Waals surface area contributed by atoms with E-state index < -0.39 is 0 Å². The number of esters is 1. The van der Waals surface area contributed by atoms with E-state index in [1.165, 1.54) is 17.4 Å². The van der Waals surface area contributed by atoms with Gasteiger partial charge in [0.2, 0.25) is 0 Å². The van der Waals surface area contributed by atoms with Gasteiger partial charge in [0.05, 0.1) is 35.8 Å². The number of hydrogen-bond donors (Lipinski definition) is 0. The second-order valence-electron chi connectivity index (χ2n) is 5.86. The van der Waals surface area contributed by atoms with Crippen molar-refractivity contribution >= 4 is 39.3 Å². The van der Waals surface area contributed by atoms with Gasteiger partial charge < -0.3 is 9.47 Å². The number of para-hydroxylation sites is 1. The van der Waals surface area contributed by atoms with Gasteiger partial charge in [-0.05, 0) is 18.6 Å². The smallest absolute Gasteiger partial charge is 0.337 e. The summed E-state index contributed by atoms with van der Waals surface area (Å²) < 4.78 is 12.7. The van der Waals surface area contributed by atoms with Crippen LogP contribution in [-0.4, -0.2) is 30.4 Å². The summed E-state index contributed by atoms with van der Waals surface area (Å²) in [4.78, 5) is 16.6. The van der Waals surface area contributed by atoms with E-state index in [0.29, 0.717) is 12.2 Å². The van der Waals surface area contributed by atoms with Crippen LogP contribution < -0.4 is 0 Å². The molecule has 0 amide bonds. The number of allylic oxidation sites excluding steroid dienone is 1. The standard InChI is InChI=1S/C18H17NO3S2/c1-21-17(20)14-9-22-8-13-11(6-7-12(13)14)10-23-18-19-15-4-2-3-5-16(15)24-18/h2-6,9,12-13H,7-8,10H2,1H3. The van der Waals surface area contributed by atoms with E-state index in [9.17, 15) is 4.79 Å². The molecule has 0 spiro atoms. The number of aromatic nitrogens is 1. The molecule has 124 valence electrons. The van der Waals surface area contributed by atoms with Crippen molar-refractivity contribution in [3.05, 3.63) is 47.7 Å². The predicted molar refractivity (Wildman–Crippen MR) is 96.1 cm³/mol. The number of carbonyl (C=O) groups is 1. The van der Waals surface area contributed by atoms with E-state index in [2.05, 4.69) is 17.1 Å². The van der Waals surface area contributed by atoms with Gasteiger partial charge in [0.15, 0.2) is 4.34 Å². The Kier molecular flexibility index (Phi) is 4.33. The molecule has 2 aromatic rings. The molecule has 0 fully saturated rings. The van der Waals surface area contributed by atoms with Crippen LogP contribution in [0.5, 0.6) is 0 Å². The highest BCUT2D eigenvalue weighted by atomic mass is 32.2. The molecule has 6 heteroatoms. The average Bonchev–Trinajstić information content (AvgIpc) is 3.22. The van der Waals surface area contributed by atoms with Crippen LogP contribution >= 0.6 is 23.1 Å². The Balaban J connectivity index is 1.45. The number of benzene rings is 1. The second-order valence-corrected chi connectivity index (χ2v) is 8.12. The summed E-state index contributed by atoms with van der Waals surface area (Å²) >= 11 is 3.49. The summed E-state index contributed by atoms with van der Waals surface area (Å²) in [5.41, 5.74) is 3.06. The normalized spacial score (nSPS) is 22.5. The molecule has 24 heavy (non-hydrogen) atoms. The summed E-state index contributed by atoms with van der Waals surface area (Å²) in [7, 11) is 1.42. The number of hydrogen-bond acceptors (Lipinski definition) is 6. The maximum atomic E-state index is 11.9. The third-order valence-corrected chi connectivity index (χ3v) is 6.79. The fourth-order valence-electron chi connectivity index (χ4n) is 3.29. The van der Waals surface area contributed by atoms with Gasteiger partial charge in [-0.1, -0.05) is 35.5 Å². The van der Waals surface area contributed by atoms with Crippen LogP contribution in [0.4, 0.5) is 0 Å². The molecular weight excluding hydrogens is 342 g/mol. The number of fused-ring (bicyclic) bond motifs is 2. The van der Waals surface area contributed by atoms with Gasteiger partial charge in [-0.25, -0.2) is 9.78 Å². The number of methoxy groups -OCH3 is 1. The Labute approximate surface area is 148 Å². The first-order valence-electron chi connectivity index (χ1n) is 7.83. The fraction of sp³-hybridized carbons (Fsp3) is 0.333. The minimum Gasteiger partial charge on any atom is -0.500 e. The van der Waals surface area contributed by atoms with Gasteiger partial charge >= 0.3 is 5.97 Å². The van der Waals surface area contributed by atoms with Gasteiger partial charge in [-0.15, -0.1) is 11.3 Å². The zero-order valence-electron chi connectivity index (χ0n) is 13.2. The first kappa shape index (κ1) is 15.7. The number of rotatable bonds is 4. The van der Waals surface area contributed by atoms with E-state index in [4.69, 9.17) is 9.47 Å². The molecule has 0 saturated carbocycles. The van der Waals surface area contributed by atoms with Crippen LogP contribution in [0.15, 0.2) is 52.1 Å². The molecule has 2 heterocycles. The molecule has 4 nitrogen and oxygen atoms in total. The molecule has 2 atom stereocenters. The maximum Gasteiger partial charge on any atom is 0.337 e. The van der Waals surface area contributed by atoms with Gasteiger partial charge in [-0.3, -0.25) is 0 Å². The second kappa shape index (κ2) is 6.61. The lowest BCUT2D eigenvalue weighted by molar-refractivity contribution is -0.137. The van der Waals surface area contributed by atoms with Crippen LogP contribution in [0.3, 0.4) is 0 Å². The number of carbonyl (C=O) groups excluding carboxylic acids is 1. The van der Waals surface area contributed by atoms with E-state index in [0.717, 1.165) is 22.0 Å². The molecule has 0 N–H and O–H groups in total. The molecule has 0 bridgehead atoms. The van der Waals surface area contributed by atoms with Crippen molar-refractivity contribution in [2.45, 2.75) is 10.8 Å². The third kappa shape index (κ3) is 2.84. The highest BCUT2D eigenvalue weighted by Gasteiger charge is 2.38. The highest BCUT2D eigenvalue weighted by molar-refractivity contribution is 8.01. The average molecular weight is 359 g/mol. The first-order valence-corrected chi connectivity index (χ1v) is 9.63. The van der Waals surface area contributed by atoms with Crippen LogP contribution in [0.25, 0.3) is 10.2 Å². The Morgan fingerprint density at radius 2 is 2.29 bits per heavy atom. The zero-order valence-corrected chi connectivity index (χ0v) is 14.9. The Morgan fingerprint density at radius 1 is 1.42 bits per heavy atom. The lowest BCUT2D eigenvalue weighted by Gasteiger charge is -2.27. The van der Waals surface area contributed by atoms with Crippen molar-refractivity contribution in [3.8, 4) is 0 Å². The van der Waals surface area contributed by atoms with Crippen molar-refractivity contribution in [2.24, 2.45) is 11.8 Å². The van der Waals surface area contributed by atoms with Gasteiger partial charge in [0, 0.05) is 17.6 Å². The molecule has 1 aliphatic heterocycles. The minimum absolute atomic E-state index is 0.192. The van der Waals surface area contributed by atoms with Crippen molar-refractivity contribution < 1.29 is 14.3 Å². The quantitative estimate of drug-likeness (QED) is 0.468. The number of nitrogens with zero attached hydrogens (tertiary/aromatic N) is 1. The largest absolute Gasteiger partial charge is 0.500 e. The minimum atomic E-state index is -0.279. The number of ether oxygens (including phenoxy) is 2. The first-order chi connectivity index (χ1) is 11.8. The Hall–Kier alpha value is -1.79. The molecule has 1 aromatic heterocycles. The van der Waals surface area contributed by atoms with Crippen molar-refractivity contribution in [1.82, 2.24) is 4.98 Å². The summed E-state index contributed by atoms with van der Waals surface area (Å²) in [6.07, 6.45) is 4.70. The van der Waals surface area contributed by atoms with Gasteiger partial charge in [0.1, 0.15) is 0 Å². The molecule has 2 unspecified atom stereocenters. The number of thioether (sulfide) groups is 1. The van der Waals surface area contributed by atoms with Gasteiger partial charge in [0.25, 0.3) is 0 Å². The van der Waals surface area contributed by atoms with Gasteiger partial charge in [-0.2, -0.15) is 0 Å². The maximum absolute atomic E-state index is 11.9. The SMILES string of the molecule is COC(=O)C1=COCC2C(CSc3nc4ccccc4s3)=CCC12. The summed E-state index contributed by atoms with van der Waals surface area (Å²) in [5.74, 6) is 1.07. The number of thiazole rings is 1. The topological polar surface area (TPSA) is 48.4 Å². The highest BCUT2D eigenvalue weighted by Crippen LogP contribution is 2.42. The molecule has 0 saturated heterocycles. The molecular formula is C18H17NO3S2. The van der Waals surface area contributed by atoms with E-state index in [1.54, 1.807) is 29.4 Å². The molecule has 1 aliphatic carbocycles. The van der Waals surface area contributed by atoms with Crippen molar-refractivity contribution in [1.29, 1.82) is 0 Å². The lowest BCUT2D eigenvalue weighted by Crippen LogP contribution is -2.27. The van der Waals surface area contributed by atoms with E-state index in [1.807, 2.05) is 18.2 Å². The zero-order chi connectivity index (χ0) is 16.5. The van der Waals surface area contributed by atoms with E-state index in [-0.39, 0.29) is 17.8 Å². The van der Waals surface area contributed by atoms with Crippen LogP contribution in [0.1, 0.15) is 6.42 Å². The van der Waals surface area contributed by atoms with Crippen molar-refractivity contribution in [3.63, 3.8) is 0 Å². The molecule has 0 radical (unpaired) electrons. The summed E-state index contributed by atoms with van der Waals surface area (Å²) in [6.45, 7) is 0.636. The lowest BCUT2D eigenvalue weighted by atomic mass is 9.85. The summed E-state index contributed by atoms with van der Waals surface area (Å²) in [6, 6.07) is 8.20.